The fourth-order valence-electron chi connectivity index (χ4n) is 2.79. The number of hydrogen-bond acceptors (Lipinski definition) is 4. The minimum absolute atomic E-state index is 0. The fraction of sp³-hybridized carbons (Fsp3) is 0.923. The van der Waals surface area contributed by atoms with Crippen LogP contribution >= 0.6 is 24.0 Å². The number of rotatable bonds is 3. The number of guanidine groups is 1. The van der Waals surface area contributed by atoms with Crippen molar-refractivity contribution in [3.8, 4) is 0 Å². The smallest absolute Gasteiger partial charge is 0.191 e. The summed E-state index contributed by atoms with van der Waals surface area (Å²) in [4.78, 5) is 7.07. The SMILES string of the molecule is CC1CCCCN1C(C)CNC1=NCCCN1.I. The van der Waals surface area contributed by atoms with E-state index < -0.39 is 0 Å². The number of nitrogens with zero attached hydrogens (tertiary/aromatic N) is 2. The van der Waals surface area contributed by atoms with E-state index in [2.05, 4.69) is 34.4 Å². The molecular formula is C13H27IN4. The molecule has 0 aliphatic carbocycles. The maximum absolute atomic E-state index is 4.44. The minimum atomic E-state index is 0. The van der Waals surface area contributed by atoms with E-state index in [0.29, 0.717) is 6.04 Å². The van der Waals surface area contributed by atoms with E-state index in [1.165, 1.54) is 25.8 Å². The van der Waals surface area contributed by atoms with Gasteiger partial charge in [-0.25, -0.2) is 0 Å². The number of hydrogen-bond donors (Lipinski definition) is 2. The number of likely N-dealkylation sites (tertiary alicyclic amines) is 1. The molecule has 2 heterocycles. The second kappa shape index (κ2) is 8.19. The highest BCUT2D eigenvalue weighted by atomic mass is 127. The van der Waals surface area contributed by atoms with Crippen LogP contribution in [0.3, 0.4) is 0 Å². The molecule has 5 heteroatoms. The van der Waals surface area contributed by atoms with Gasteiger partial charge in [-0.05, 0) is 39.7 Å². The lowest BCUT2D eigenvalue weighted by atomic mass is 10.0. The summed E-state index contributed by atoms with van der Waals surface area (Å²) in [6.07, 6.45) is 5.26. The van der Waals surface area contributed by atoms with Crippen LogP contribution in [0.15, 0.2) is 4.99 Å². The zero-order valence-electron chi connectivity index (χ0n) is 11.6. The third-order valence-corrected chi connectivity index (χ3v) is 3.88. The Morgan fingerprint density at radius 2 is 2.28 bits per heavy atom. The van der Waals surface area contributed by atoms with Gasteiger partial charge in [0, 0.05) is 31.7 Å². The Labute approximate surface area is 128 Å². The Kier molecular flexibility index (Phi) is 7.29. The highest BCUT2D eigenvalue weighted by molar-refractivity contribution is 14.0. The van der Waals surface area contributed by atoms with Crippen molar-refractivity contribution in [2.24, 2.45) is 4.99 Å². The van der Waals surface area contributed by atoms with Gasteiger partial charge in [0.2, 0.25) is 0 Å². The molecule has 4 nitrogen and oxygen atoms in total. The number of halogens is 1. The van der Waals surface area contributed by atoms with Gasteiger partial charge in [-0.15, -0.1) is 24.0 Å². The van der Waals surface area contributed by atoms with Gasteiger partial charge in [-0.1, -0.05) is 6.42 Å². The van der Waals surface area contributed by atoms with E-state index in [4.69, 9.17) is 0 Å². The first kappa shape index (κ1) is 16.0. The first-order valence-corrected chi connectivity index (χ1v) is 7.05. The molecule has 2 aliphatic rings. The summed E-state index contributed by atoms with van der Waals surface area (Å²) in [6, 6.07) is 1.33. The third-order valence-electron chi connectivity index (χ3n) is 3.88. The average molecular weight is 366 g/mol. The second-order valence-electron chi connectivity index (χ2n) is 5.32. The zero-order chi connectivity index (χ0) is 12.1. The van der Waals surface area contributed by atoms with Gasteiger partial charge < -0.3 is 10.6 Å². The normalized spacial score (nSPS) is 26.6. The van der Waals surface area contributed by atoms with Gasteiger partial charge in [-0.3, -0.25) is 9.89 Å². The molecule has 106 valence electrons. The van der Waals surface area contributed by atoms with Gasteiger partial charge in [0.15, 0.2) is 5.96 Å². The summed E-state index contributed by atoms with van der Waals surface area (Å²) in [5, 5.41) is 6.75. The molecule has 1 saturated heterocycles. The molecule has 0 radical (unpaired) electrons. The van der Waals surface area contributed by atoms with Gasteiger partial charge in [0.05, 0.1) is 0 Å². The van der Waals surface area contributed by atoms with Crippen LogP contribution in [0.25, 0.3) is 0 Å². The lowest BCUT2D eigenvalue weighted by Crippen LogP contribution is -2.50. The largest absolute Gasteiger partial charge is 0.356 e. The topological polar surface area (TPSA) is 39.7 Å². The Hall–Kier alpha value is -0.0400. The van der Waals surface area contributed by atoms with E-state index in [1.54, 1.807) is 0 Å². The van der Waals surface area contributed by atoms with Crippen molar-refractivity contribution in [2.45, 2.75) is 51.6 Å². The lowest BCUT2D eigenvalue weighted by Gasteiger charge is -2.38. The fourth-order valence-corrected chi connectivity index (χ4v) is 2.79. The van der Waals surface area contributed by atoms with Crippen LogP contribution in [-0.4, -0.2) is 49.1 Å². The Bertz CT molecular complexity index is 270. The average Bonchev–Trinajstić information content (AvgIpc) is 2.38. The first-order chi connectivity index (χ1) is 8.27. The summed E-state index contributed by atoms with van der Waals surface area (Å²) in [5.74, 6) is 0.993. The monoisotopic (exact) mass is 366 g/mol. The van der Waals surface area contributed by atoms with Crippen LogP contribution in [0.1, 0.15) is 39.5 Å². The van der Waals surface area contributed by atoms with Crippen molar-refractivity contribution in [1.29, 1.82) is 0 Å². The number of aliphatic imine (C=N–C) groups is 1. The summed E-state index contributed by atoms with van der Waals surface area (Å²) < 4.78 is 0. The molecule has 1 fully saturated rings. The highest BCUT2D eigenvalue weighted by Gasteiger charge is 2.23. The van der Waals surface area contributed by atoms with Crippen LogP contribution in [0.2, 0.25) is 0 Å². The molecule has 0 aromatic heterocycles. The van der Waals surface area contributed by atoms with Crippen molar-refractivity contribution >= 4 is 29.9 Å². The van der Waals surface area contributed by atoms with E-state index in [1.807, 2.05) is 0 Å². The van der Waals surface area contributed by atoms with Crippen LogP contribution < -0.4 is 10.6 Å². The predicted octanol–water partition coefficient (Wildman–Crippen LogP) is 1.81. The van der Waals surface area contributed by atoms with Crippen LogP contribution in [-0.2, 0) is 0 Å². The molecule has 2 unspecified atom stereocenters. The van der Waals surface area contributed by atoms with Crippen molar-refractivity contribution in [3.63, 3.8) is 0 Å². The molecule has 0 bridgehead atoms. The molecular weight excluding hydrogens is 339 g/mol. The Balaban J connectivity index is 0.00000162. The molecule has 2 rings (SSSR count). The van der Waals surface area contributed by atoms with Gasteiger partial charge >= 0.3 is 0 Å². The van der Waals surface area contributed by atoms with Crippen molar-refractivity contribution in [1.82, 2.24) is 15.5 Å². The zero-order valence-corrected chi connectivity index (χ0v) is 13.9. The van der Waals surface area contributed by atoms with Crippen LogP contribution in [0.5, 0.6) is 0 Å². The highest BCUT2D eigenvalue weighted by Crippen LogP contribution is 2.18. The summed E-state index contributed by atoms with van der Waals surface area (Å²) in [7, 11) is 0. The summed E-state index contributed by atoms with van der Waals surface area (Å²) in [6.45, 7) is 8.94. The molecule has 2 atom stereocenters. The minimum Gasteiger partial charge on any atom is -0.356 e. The number of piperidine rings is 1. The maximum Gasteiger partial charge on any atom is 0.191 e. The number of nitrogens with one attached hydrogen (secondary N) is 2. The molecule has 0 saturated carbocycles. The molecule has 0 aromatic carbocycles. The maximum atomic E-state index is 4.44. The molecule has 2 aliphatic heterocycles. The van der Waals surface area contributed by atoms with E-state index >= 15 is 0 Å². The van der Waals surface area contributed by atoms with E-state index in [0.717, 1.165) is 38.1 Å². The van der Waals surface area contributed by atoms with Gasteiger partial charge in [0.1, 0.15) is 0 Å². The quantitative estimate of drug-likeness (QED) is 0.749. The molecule has 18 heavy (non-hydrogen) atoms. The van der Waals surface area contributed by atoms with Gasteiger partial charge in [0.25, 0.3) is 0 Å². The van der Waals surface area contributed by atoms with Crippen LogP contribution in [0.4, 0.5) is 0 Å². The molecule has 0 spiro atoms. The third kappa shape index (κ3) is 4.57. The summed E-state index contributed by atoms with van der Waals surface area (Å²) >= 11 is 0. The Morgan fingerprint density at radius 3 is 2.94 bits per heavy atom. The molecule has 0 amide bonds. The standard InChI is InChI=1S/C13H26N4.HI/c1-11-6-3-4-9-17(11)12(2)10-16-13-14-7-5-8-15-13;/h11-12H,3-10H2,1-2H3,(H2,14,15,16);1H. The first-order valence-electron chi connectivity index (χ1n) is 7.05. The van der Waals surface area contributed by atoms with E-state index in [-0.39, 0.29) is 24.0 Å². The van der Waals surface area contributed by atoms with E-state index in [9.17, 15) is 0 Å². The summed E-state index contributed by atoms with van der Waals surface area (Å²) in [5.41, 5.74) is 0. The Morgan fingerprint density at radius 1 is 1.44 bits per heavy atom. The van der Waals surface area contributed by atoms with Crippen molar-refractivity contribution in [2.75, 3.05) is 26.2 Å². The second-order valence-corrected chi connectivity index (χ2v) is 5.32. The van der Waals surface area contributed by atoms with Gasteiger partial charge in [-0.2, -0.15) is 0 Å². The molecule has 2 N–H and O–H groups in total. The predicted molar refractivity (Wildman–Crippen MR) is 87.8 cm³/mol. The lowest BCUT2D eigenvalue weighted by molar-refractivity contribution is 0.115. The van der Waals surface area contributed by atoms with Crippen molar-refractivity contribution < 1.29 is 0 Å². The van der Waals surface area contributed by atoms with Crippen LogP contribution in [0, 0.1) is 0 Å². The molecule has 0 aromatic rings. The van der Waals surface area contributed by atoms with Crippen molar-refractivity contribution in [3.05, 3.63) is 0 Å².